The van der Waals surface area contributed by atoms with E-state index in [2.05, 4.69) is 20.5 Å². The van der Waals surface area contributed by atoms with E-state index in [1.54, 1.807) is 19.2 Å². The lowest BCUT2D eigenvalue weighted by Gasteiger charge is -2.09. The summed E-state index contributed by atoms with van der Waals surface area (Å²) < 4.78 is 10.7. The summed E-state index contributed by atoms with van der Waals surface area (Å²) in [6.45, 7) is 2.45. The van der Waals surface area contributed by atoms with Crippen molar-refractivity contribution in [1.29, 1.82) is 0 Å². The lowest BCUT2D eigenvalue weighted by atomic mass is 10.2. The van der Waals surface area contributed by atoms with Gasteiger partial charge in [0.2, 0.25) is 0 Å². The molecule has 0 saturated carbocycles. The minimum absolute atomic E-state index is 0.198. The van der Waals surface area contributed by atoms with Gasteiger partial charge in [0.15, 0.2) is 11.5 Å². The molecule has 2 aromatic rings. The highest BCUT2D eigenvalue weighted by molar-refractivity contribution is 5.92. The second kappa shape index (κ2) is 7.72. The molecule has 0 aliphatic carbocycles. The standard InChI is InChI=1S/C15H16N4O3/c1-3-22-13-5-4-11(8-14(13)21-2)9-18-19-15(20)12-10-16-6-7-17-12/h4-10H,3H2,1-2H3,(H,19,20). The Kier molecular flexibility index (Phi) is 5.42. The van der Waals surface area contributed by atoms with Crippen molar-refractivity contribution in [2.45, 2.75) is 6.92 Å². The molecule has 0 spiro atoms. The van der Waals surface area contributed by atoms with E-state index in [4.69, 9.17) is 9.47 Å². The second-order valence-electron chi connectivity index (χ2n) is 4.13. The van der Waals surface area contributed by atoms with E-state index < -0.39 is 5.91 Å². The number of aromatic nitrogens is 2. The zero-order chi connectivity index (χ0) is 15.8. The van der Waals surface area contributed by atoms with Crippen molar-refractivity contribution in [3.63, 3.8) is 0 Å². The number of hydrazone groups is 1. The largest absolute Gasteiger partial charge is 0.493 e. The van der Waals surface area contributed by atoms with Gasteiger partial charge in [-0.3, -0.25) is 9.78 Å². The Labute approximate surface area is 128 Å². The highest BCUT2D eigenvalue weighted by atomic mass is 16.5. The van der Waals surface area contributed by atoms with Crippen LogP contribution < -0.4 is 14.9 Å². The summed E-state index contributed by atoms with van der Waals surface area (Å²) in [6, 6.07) is 5.36. The van der Waals surface area contributed by atoms with Gasteiger partial charge in [-0.1, -0.05) is 0 Å². The Morgan fingerprint density at radius 3 is 2.91 bits per heavy atom. The molecule has 0 radical (unpaired) electrons. The van der Waals surface area contributed by atoms with Crippen LogP contribution in [-0.4, -0.2) is 35.8 Å². The van der Waals surface area contributed by atoms with E-state index >= 15 is 0 Å². The molecule has 1 N–H and O–H groups in total. The maximum atomic E-state index is 11.7. The van der Waals surface area contributed by atoms with Gasteiger partial charge in [0, 0.05) is 12.4 Å². The van der Waals surface area contributed by atoms with Gasteiger partial charge >= 0.3 is 0 Å². The molecule has 1 aromatic heterocycles. The van der Waals surface area contributed by atoms with Gasteiger partial charge in [-0.15, -0.1) is 0 Å². The van der Waals surface area contributed by atoms with E-state index in [1.807, 2.05) is 13.0 Å². The van der Waals surface area contributed by atoms with Crippen molar-refractivity contribution in [2.75, 3.05) is 13.7 Å². The fourth-order valence-corrected chi connectivity index (χ4v) is 1.68. The number of methoxy groups -OCH3 is 1. The molecule has 0 atom stereocenters. The average Bonchev–Trinajstić information content (AvgIpc) is 2.57. The molecule has 7 heteroatoms. The third-order valence-corrected chi connectivity index (χ3v) is 2.66. The second-order valence-corrected chi connectivity index (χ2v) is 4.13. The molecule has 0 unspecified atom stereocenters. The molecule has 1 aromatic carbocycles. The van der Waals surface area contributed by atoms with Crippen LogP contribution in [0.2, 0.25) is 0 Å². The monoisotopic (exact) mass is 300 g/mol. The summed E-state index contributed by atoms with van der Waals surface area (Å²) in [7, 11) is 1.56. The first kappa shape index (κ1) is 15.4. The number of carbonyl (C=O) groups is 1. The van der Waals surface area contributed by atoms with Crippen molar-refractivity contribution in [3.8, 4) is 11.5 Å². The number of nitrogens with one attached hydrogen (secondary N) is 1. The van der Waals surface area contributed by atoms with Crippen LogP contribution in [0.3, 0.4) is 0 Å². The van der Waals surface area contributed by atoms with Crippen molar-refractivity contribution >= 4 is 12.1 Å². The average molecular weight is 300 g/mol. The summed E-state index contributed by atoms with van der Waals surface area (Å²) in [6.07, 6.45) is 5.81. The van der Waals surface area contributed by atoms with Crippen LogP contribution >= 0.6 is 0 Å². The Bertz CT molecular complexity index is 659. The smallest absolute Gasteiger partial charge is 0.291 e. The van der Waals surface area contributed by atoms with Gasteiger partial charge in [0.05, 0.1) is 26.1 Å². The summed E-state index contributed by atoms with van der Waals surface area (Å²) in [5.74, 6) is 0.832. The minimum Gasteiger partial charge on any atom is -0.493 e. The van der Waals surface area contributed by atoms with E-state index in [0.717, 1.165) is 5.56 Å². The summed E-state index contributed by atoms with van der Waals surface area (Å²) in [4.78, 5) is 19.4. The Balaban J connectivity index is 2.02. The first-order chi connectivity index (χ1) is 10.7. The number of hydrogen-bond acceptors (Lipinski definition) is 6. The quantitative estimate of drug-likeness (QED) is 0.647. The maximum Gasteiger partial charge on any atom is 0.291 e. The summed E-state index contributed by atoms with van der Waals surface area (Å²) >= 11 is 0. The lowest BCUT2D eigenvalue weighted by molar-refractivity contribution is 0.0949. The highest BCUT2D eigenvalue weighted by Crippen LogP contribution is 2.27. The fraction of sp³-hybridized carbons (Fsp3) is 0.200. The SMILES string of the molecule is CCOc1ccc(C=NNC(=O)c2cnccn2)cc1OC. The molecule has 22 heavy (non-hydrogen) atoms. The van der Waals surface area contributed by atoms with Crippen LogP contribution in [0.15, 0.2) is 41.9 Å². The summed E-state index contributed by atoms with van der Waals surface area (Å²) in [5.41, 5.74) is 3.34. The molecular formula is C15H16N4O3. The van der Waals surface area contributed by atoms with Crippen molar-refractivity contribution in [1.82, 2.24) is 15.4 Å². The Morgan fingerprint density at radius 1 is 1.36 bits per heavy atom. The molecule has 7 nitrogen and oxygen atoms in total. The van der Waals surface area contributed by atoms with Crippen LogP contribution in [0.1, 0.15) is 23.0 Å². The molecule has 1 heterocycles. The molecule has 0 saturated heterocycles. The third kappa shape index (κ3) is 4.02. The number of rotatable bonds is 6. The van der Waals surface area contributed by atoms with Crippen LogP contribution in [-0.2, 0) is 0 Å². The van der Waals surface area contributed by atoms with Gasteiger partial charge in [-0.25, -0.2) is 10.4 Å². The fourth-order valence-electron chi connectivity index (χ4n) is 1.68. The van der Waals surface area contributed by atoms with Crippen molar-refractivity contribution in [2.24, 2.45) is 5.10 Å². The van der Waals surface area contributed by atoms with Gasteiger partial charge < -0.3 is 9.47 Å². The zero-order valence-electron chi connectivity index (χ0n) is 12.3. The normalized spacial score (nSPS) is 10.5. The van der Waals surface area contributed by atoms with E-state index in [1.165, 1.54) is 24.8 Å². The molecule has 0 fully saturated rings. The summed E-state index contributed by atoms with van der Waals surface area (Å²) in [5, 5.41) is 3.88. The lowest BCUT2D eigenvalue weighted by Crippen LogP contribution is -2.19. The molecule has 1 amide bonds. The van der Waals surface area contributed by atoms with Gasteiger partial charge in [-0.05, 0) is 30.7 Å². The Hall–Kier alpha value is -2.96. The maximum absolute atomic E-state index is 11.7. The van der Waals surface area contributed by atoms with Crippen LogP contribution in [0.5, 0.6) is 11.5 Å². The molecule has 0 bridgehead atoms. The number of amides is 1. The van der Waals surface area contributed by atoms with Crippen molar-refractivity contribution in [3.05, 3.63) is 48.0 Å². The Morgan fingerprint density at radius 2 is 2.23 bits per heavy atom. The van der Waals surface area contributed by atoms with Crippen LogP contribution in [0.25, 0.3) is 0 Å². The third-order valence-electron chi connectivity index (χ3n) is 2.66. The molecule has 2 rings (SSSR count). The number of ether oxygens (including phenoxy) is 2. The van der Waals surface area contributed by atoms with E-state index in [-0.39, 0.29) is 5.69 Å². The molecule has 0 aliphatic heterocycles. The first-order valence-electron chi connectivity index (χ1n) is 6.65. The van der Waals surface area contributed by atoms with Gasteiger partial charge in [0.1, 0.15) is 5.69 Å². The number of nitrogens with zero attached hydrogens (tertiary/aromatic N) is 3. The topological polar surface area (TPSA) is 85.7 Å². The number of carbonyl (C=O) groups excluding carboxylic acids is 1. The predicted molar refractivity (Wildman–Crippen MR) is 81.3 cm³/mol. The first-order valence-corrected chi connectivity index (χ1v) is 6.65. The van der Waals surface area contributed by atoms with Crippen LogP contribution in [0, 0.1) is 0 Å². The van der Waals surface area contributed by atoms with Crippen LogP contribution in [0.4, 0.5) is 0 Å². The van der Waals surface area contributed by atoms with Gasteiger partial charge in [0.25, 0.3) is 5.91 Å². The van der Waals surface area contributed by atoms with Crippen molar-refractivity contribution < 1.29 is 14.3 Å². The zero-order valence-corrected chi connectivity index (χ0v) is 12.3. The molecule has 0 aliphatic rings. The molecular weight excluding hydrogens is 284 g/mol. The highest BCUT2D eigenvalue weighted by Gasteiger charge is 2.06. The number of hydrogen-bond donors (Lipinski definition) is 1. The minimum atomic E-state index is -0.428. The predicted octanol–water partition coefficient (Wildman–Crippen LogP) is 1.65. The molecule has 114 valence electrons. The number of benzene rings is 1. The van der Waals surface area contributed by atoms with E-state index in [9.17, 15) is 4.79 Å². The van der Waals surface area contributed by atoms with E-state index in [0.29, 0.717) is 18.1 Å². The van der Waals surface area contributed by atoms with Gasteiger partial charge in [-0.2, -0.15) is 5.10 Å².